The fourth-order valence-electron chi connectivity index (χ4n) is 1.77. The van der Waals surface area contributed by atoms with Gasteiger partial charge in [0, 0.05) is 10.6 Å². The van der Waals surface area contributed by atoms with Gasteiger partial charge in [-0.15, -0.1) is 11.8 Å². The minimum Gasteiger partial charge on any atom is -0.293 e. The Morgan fingerprint density at radius 3 is 2.76 bits per heavy atom. The summed E-state index contributed by atoms with van der Waals surface area (Å²) >= 11 is 6.41. The minimum atomic E-state index is -4.24. The molecule has 1 unspecified atom stereocenters. The fraction of sp³-hybridized carbons (Fsp3) is 0.364. The van der Waals surface area contributed by atoms with Crippen molar-refractivity contribution in [3.05, 3.63) is 34.3 Å². The molecule has 6 heteroatoms. The minimum absolute atomic E-state index is 0.231. The number of rotatable bonds is 2. The van der Waals surface area contributed by atoms with E-state index in [-0.39, 0.29) is 5.78 Å². The Balaban J connectivity index is 2.09. The smallest absolute Gasteiger partial charge is 0.293 e. The first kappa shape index (κ1) is 12.8. The SMILES string of the molecule is O=C1c2ccc(Cl)cc2CC1SCC(F)(F)F. The van der Waals surface area contributed by atoms with Gasteiger partial charge in [0.1, 0.15) is 0 Å². The van der Waals surface area contributed by atoms with Gasteiger partial charge in [-0.3, -0.25) is 4.79 Å². The van der Waals surface area contributed by atoms with Crippen LogP contribution in [0.15, 0.2) is 18.2 Å². The van der Waals surface area contributed by atoms with Gasteiger partial charge in [-0.05, 0) is 30.2 Å². The summed E-state index contributed by atoms with van der Waals surface area (Å²) in [6, 6.07) is 4.80. The maximum absolute atomic E-state index is 12.1. The molecular formula is C11H8ClF3OS. The molecule has 0 aliphatic heterocycles. The summed E-state index contributed by atoms with van der Waals surface area (Å²) in [6.07, 6.45) is -3.91. The number of thioether (sulfide) groups is 1. The van der Waals surface area contributed by atoms with Crippen molar-refractivity contribution in [1.29, 1.82) is 0 Å². The van der Waals surface area contributed by atoms with Gasteiger partial charge < -0.3 is 0 Å². The molecule has 0 amide bonds. The zero-order valence-corrected chi connectivity index (χ0v) is 10.1. The van der Waals surface area contributed by atoms with Crippen LogP contribution in [-0.2, 0) is 6.42 Å². The highest BCUT2D eigenvalue weighted by Gasteiger charge is 2.35. The van der Waals surface area contributed by atoms with Crippen LogP contribution in [0.5, 0.6) is 0 Å². The quantitative estimate of drug-likeness (QED) is 0.821. The predicted octanol–water partition coefficient (Wildman–Crippen LogP) is 3.74. The molecule has 1 aromatic carbocycles. The molecule has 1 atom stereocenters. The average molecular weight is 281 g/mol. The van der Waals surface area contributed by atoms with E-state index in [0.29, 0.717) is 28.8 Å². The van der Waals surface area contributed by atoms with Crippen molar-refractivity contribution < 1.29 is 18.0 Å². The summed E-state index contributed by atoms with van der Waals surface area (Å²) in [5, 5.41) is -0.136. The lowest BCUT2D eigenvalue weighted by Crippen LogP contribution is -2.18. The van der Waals surface area contributed by atoms with E-state index in [1.54, 1.807) is 18.2 Å². The number of ketones is 1. The number of hydrogen-bond acceptors (Lipinski definition) is 2. The molecule has 0 bridgehead atoms. The van der Waals surface area contributed by atoms with Crippen LogP contribution in [0.25, 0.3) is 0 Å². The lowest BCUT2D eigenvalue weighted by Gasteiger charge is -2.09. The molecule has 0 saturated heterocycles. The lowest BCUT2D eigenvalue weighted by molar-refractivity contribution is -0.105. The molecule has 2 rings (SSSR count). The topological polar surface area (TPSA) is 17.1 Å². The van der Waals surface area contributed by atoms with Crippen LogP contribution in [0, 0.1) is 0 Å². The van der Waals surface area contributed by atoms with Crippen LogP contribution in [0.1, 0.15) is 15.9 Å². The van der Waals surface area contributed by atoms with E-state index >= 15 is 0 Å². The van der Waals surface area contributed by atoms with Crippen LogP contribution in [0.3, 0.4) is 0 Å². The molecule has 0 heterocycles. The van der Waals surface area contributed by atoms with Crippen LogP contribution in [-0.4, -0.2) is 23.0 Å². The summed E-state index contributed by atoms with van der Waals surface area (Å²) in [5.74, 6) is -1.23. The first-order valence-electron chi connectivity index (χ1n) is 4.88. The van der Waals surface area contributed by atoms with E-state index < -0.39 is 17.2 Å². The molecule has 17 heavy (non-hydrogen) atoms. The number of halogens is 4. The van der Waals surface area contributed by atoms with E-state index in [1.165, 1.54) is 0 Å². The molecular weight excluding hydrogens is 273 g/mol. The Bertz CT molecular complexity index is 459. The van der Waals surface area contributed by atoms with Gasteiger partial charge >= 0.3 is 6.18 Å². The van der Waals surface area contributed by atoms with Crippen LogP contribution >= 0.6 is 23.4 Å². The van der Waals surface area contributed by atoms with E-state index in [9.17, 15) is 18.0 Å². The number of benzene rings is 1. The summed E-state index contributed by atoms with van der Waals surface area (Å²) in [7, 11) is 0. The molecule has 1 nitrogen and oxygen atoms in total. The second kappa shape index (κ2) is 4.53. The summed E-state index contributed by atoms with van der Waals surface area (Å²) in [6.45, 7) is 0. The van der Waals surface area contributed by atoms with Crippen molar-refractivity contribution >= 4 is 29.1 Å². The molecule has 0 saturated carbocycles. The number of hydrogen-bond donors (Lipinski definition) is 0. The van der Waals surface area contributed by atoms with Crippen molar-refractivity contribution in [2.45, 2.75) is 17.8 Å². The highest BCUT2D eigenvalue weighted by Crippen LogP contribution is 2.34. The van der Waals surface area contributed by atoms with Crippen LogP contribution in [0.2, 0.25) is 5.02 Å². The molecule has 92 valence electrons. The molecule has 1 aromatic rings. The Morgan fingerprint density at radius 1 is 1.41 bits per heavy atom. The summed E-state index contributed by atoms with van der Waals surface area (Å²) in [5.41, 5.74) is 1.23. The zero-order chi connectivity index (χ0) is 12.6. The second-order valence-corrected chi connectivity index (χ2v) is 5.41. The van der Waals surface area contributed by atoms with Crippen molar-refractivity contribution in [3.63, 3.8) is 0 Å². The third-order valence-electron chi connectivity index (χ3n) is 2.48. The summed E-state index contributed by atoms with van der Waals surface area (Å²) in [4.78, 5) is 11.8. The Labute approximate surface area is 105 Å². The molecule has 1 aliphatic rings. The van der Waals surface area contributed by atoms with Crippen molar-refractivity contribution in [3.8, 4) is 0 Å². The predicted molar refractivity (Wildman–Crippen MR) is 61.8 cm³/mol. The first-order valence-corrected chi connectivity index (χ1v) is 6.30. The lowest BCUT2D eigenvalue weighted by atomic mass is 10.1. The summed E-state index contributed by atoms with van der Waals surface area (Å²) < 4.78 is 36.2. The fourth-order valence-corrected chi connectivity index (χ4v) is 2.93. The third kappa shape index (κ3) is 2.96. The maximum Gasteiger partial charge on any atom is 0.397 e. The van der Waals surface area contributed by atoms with Gasteiger partial charge in [0.05, 0.1) is 11.0 Å². The van der Waals surface area contributed by atoms with Gasteiger partial charge in [0.15, 0.2) is 5.78 Å². The highest BCUT2D eigenvalue weighted by atomic mass is 35.5. The van der Waals surface area contributed by atoms with Crippen molar-refractivity contribution in [1.82, 2.24) is 0 Å². The van der Waals surface area contributed by atoms with Gasteiger partial charge in [-0.25, -0.2) is 0 Å². The van der Waals surface area contributed by atoms with Gasteiger partial charge in [-0.2, -0.15) is 13.2 Å². The third-order valence-corrected chi connectivity index (χ3v) is 3.99. The number of alkyl halides is 3. The van der Waals surface area contributed by atoms with Crippen molar-refractivity contribution in [2.75, 3.05) is 5.75 Å². The first-order chi connectivity index (χ1) is 7.87. The average Bonchev–Trinajstić information content (AvgIpc) is 2.51. The van der Waals surface area contributed by atoms with E-state index in [2.05, 4.69) is 0 Å². The number of fused-ring (bicyclic) bond motifs is 1. The molecule has 0 N–H and O–H groups in total. The van der Waals surface area contributed by atoms with Gasteiger partial charge in [-0.1, -0.05) is 11.6 Å². The normalized spacial score (nSPS) is 19.5. The number of carbonyl (C=O) groups excluding carboxylic acids is 1. The van der Waals surface area contributed by atoms with E-state index in [4.69, 9.17) is 11.6 Å². The molecule has 0 aromatic heterocycles. The monoisotopic (exact) mass is 280 g/mol. The second-order valence-electron chi connectivity index (χ2n) is 3.78. The maximum atomic E-state index is 12.1. The van der Waals surface area contributed by atoms with Crippen molar-refractivity contribution in [2.24, 2.45) is 0 Å². The van der Waals surface area contributed by atoms with Gasteiger partial charge in [0.25, 0.3) is 0 Å². The Hall–Kier alpha value is -0.680. The number of carbonyl (C=O) groups is 1. The van der Waals surface area contributed by atoms with Gasteiger partial charge in [0.2, 0.25) is 0 Å². The van der Waals surface area contributed by atoms with Crippen LogP contribution < -0.4 is 0 Å². The Morgan fingerprint density at radius 2 is 2.12 bits per heavy atom. The Kier molecular flexibility index (Phi) is 3.41. The highest BCUT2D eigenvalue weighted by molar-refractivity contribution is 8.00. The van der Waals surface area contributed by atoms with Crippen LogP contribution in [0.4, 0.5) is 13.2 Å². The largest absolute Gasteiger partial charge is 0.397 e. The molecule has 0 fully saturated rings. The van der Waals surface area contributed by atoms with E-state index in [0.717, 1.165) is 5.56 Å². The zero-order valence-electron chi connectivity index (χ0n) is 8.55. The molecule has 1 aliphatic carbocycles. The molecule has 0 radical (unpaired) electrons. The molecule has 0 spiro atoms. The van der Waals surface area contributed by atoms with E-state index in [1.807, 2.05) is 0 Å². The number of Topliss-reactive ketones (excluding diaryl/α,β-unsaturated/α-hetero) is 1. The standard InChI is InChI=1S/C11H8ClF3OS/c12-7-1-2-8-6(3-7)4-9(10(8)16)17-5-11(13,14)15/h1-3,9H,4-5H2.